The van der Waals surface area contributed by atoms with E-state index >= 15 is 0 Å². The van der Waals surface area contributed by atoms with E-state index in [1.807, 2.05) is 34.6 Å². The lowest BCUT2D eigenvalue weighted by molar-refractivity contribution is -0.110. The maximum absolute atomic E-state index is 10.4. The molecule has 0 aliphatic carbocycles. The van der Waals surface area contributed by atoms with E-state index in [1.165, 1.54) is 19.3 Å². The molecule has 139 valence electrons. The first-order valence-electron chi connectivity index (χ1n) is 9.63. The van der Waals surface area contributed by atoms with Gasteiger partial charge in [-0.25, -0.2) is 0 Å². The van der Waals surface area contributed by atoms with Gasteiger partial charge in [-0.2, -0.15) is 0 Å². The van der Waals surface area contributed by atoms with E-state index < -0.39 is 0 Å². The van der Waals surface area contributed by atoms with E-state index in [0.29, 0.717) is 0 Å². The highest BCUT2D eigenvalue weighted by Gasteiger charge is 2.14. The number of carbonyl (C=O) groups excluding carboxylic acids is 1. The smallest absolute Gasteiger partial charge is 0.208 e. The van der Waals surface area contributed by atoms with Crippen LogP contribution in [0.4, 0.5) is 0 Å². The zero-order valence-corrected chi connectivity index (χ0v) is 18.0. The fourth-order valence-electron chi connectivity index (χ4n) is 2.21. The van der Waals surface area contributed by atoms with E-state index in [1.54, 1.807) is 14.2 Å². The van der Waals surface area contributed by atoms with Gasteiger partial charge in [0.15, 0.2) is 0 Å². The number of hydrogen-bond donors (Lipinski definition) is 1. The van der Waals surface area contributed by atoms with E-state index in [-0.39, 0.29) is 11.0 Å². The second-order valence-electron chi connectivity index (χ2n) is 7.62. The van der Waals surface area contributed by atoms with Crippen LogP contribution >= 0.6 is 0 Å². The van der Waals surface area contributed by atoms with E-state index in [2.05, 4.69) is 39.9 Å². The Kier molecular flexibility index (Phi) is 19.8. The lowest BCUT2D eigenvalue weighted by Crippen LogP contribution is -2.33. The largest absolute Gasteiger partial charge is 0.314 e. The van der Waals surface area contributed by atoms with Gasteiger partial charge in [-0.15, -0.1) is 0 Å². The van der Waals surface area contributed by atoms with Crippen LogP contribution in [0.1, 0.15) is 95.4 Å². The predicted molar refractivity (Wildman–Crippen MR) is 108 cm³/mol. The van der Waals surface area contributed by atoms with Gasteiger partial charge in [0.2, 0.25) is 7.28 Å². The van der Waals surface area contributed by atoms with Gasteiger partial charge >= 0.3 is 0 Å². The molecule has 0 bridgehead atoms. The molecule has 0 aromatic rings. The standard InChI is InChI=1S/C12H27N.C6H12BO.C2H6/c1-6-11(5)8-9-12(10(3)4)13-7-2;1-5(8)7-6(2,3)4;1-2/h10-13H,6-9H2,1-5H3;1-4H3;1-2H3. The second-order valence-corrected chi connectivity index (χ2v) is 7.62. The van der Waals surface area contributed by atoms with Crippen molar-refractivity contribution in [1.82, 2.24) is 5.32 Å². The third-order valence-electron chi connectivity index (χ3n) is 3.57. The molecule has 1 N–H and O–H groups in total. The molecule has 0 aliphatic rings. The van der Waals surface area contributed by atoms with Crippen LogP contribution in [-0.2, 0) is 4.79 Å². The highest BCUT2D eigenvalue weighted by atomic mass is 16.1. The minimum atomic E-state index is 0.0475. The summed E-state index contributed by atoms with van der Waals surface area (Å²) in [5.74, 6) is 1.66. The second kappa shape index (κ2) is 16.5. The molecule has 0 aromatic carbocycles. The Hall–Kier alpha value is -0.305. The normalized spacial score (nSPS) is 13.2. The first-order chi connectivity index (χ1) is 10.5. The highest BCUT2D eigenvalue weighted by Crippen LogP contribution is 2.19. The van der Waals surface area contributed by atoms with Crippen LogP contribution in [0, 0.1) is 11.8 Å². The zero-order valence-electron chi connectivity index (χ0n) is 18.0. The summed E-state index contributed by atoms with van der Waals surface area (Å²) >= 11 is 0. The molecule has 0 saturated heterocycles. The summed E-state index contributed by atoms with van der Waals surface area (Å²) in [6.45, 7) is 24.1. The summed E-state index contributed by atoms with van der Waals surface area (Å²) in [5, 5.41) is 3.61. The van der Waals surface area contributed by atoms with Gasteiger partial charge in [-0.3, -0.25) is 0 Å². The molecule has 3 heteroatoms. The van der Waals surface area contributed by atoms with Crippen LogP contribution in [0.2, 0.25) is 5.31 Å². The van der Waals surface area contributed by atoms with E-state index in [0.717, 1.165) is 24.4 Å². The molecule has 23 heavy (non-hydrogen) atoms. The third kappa shape index (κ3) is 24.1. The van der Waals surface area contributed by atoms with Crippen molar-refractivity contribution in [2.75, 3.05) is 6.54 Å². The Labute approximate surface area is 148 Å². The molecule has 0 heterocycles. The third-order valence-corrected chi connectivity index (χ3v) is 3.57. The molecule has 2 nitrogen and oxygen atoms in total. The molecular weight excluding hydrogens is 281 g/mol. The summed E-state index contributed by atoms with van der Waals surface area (Å²) in [6, 6.07) is 0.721. The number of carbonyl (C=O) groups is 1. The van der Waals surface area contributed by atoms with Crippen molar-refractivity contribution in [2.24, 2.45) is 11.8 Å². The van der Waals surface area contributed by atoms with Crippen molar-refractivity contribution in [3.63, 3.8) is 0 Å². The van der Waals surface area contributed by atoms with Gasteiger partial charge in [0.05, 0.1) is 5.68 Å². The minimum Gasteiger partial charge on any atom is -0.314 e. The van der Waals surface area contributed by atoms with Crippen molar-refractivity contribution in [1.29, 1.82) is 0 Å². The molecule has 0 amide bonds. The Morgan fingerprint density at radius 3 is 1.74 bits per heavy atom. The molecule has 2 unspecified atom stereocenters. The van der Waals surface area contributed by atoms with Crippen molar-refractivity contribution < 1.29 is 4.79 Å². The molecule has 2 atom stereocenters. The SMILES string of the molecule is CC.CC(=O)[B]C(C)(C)C.CCNC(CCC(C)CC)C(C)C. The van der Waals surface area contributed by atoms with Crippen LogP contribution < -0.4 is 5.32 Å². The monoisotopic (exact) mass is 326 g/mol. The molecule has 0 aromatic heterocycles. The minimum absolute atomic E-state index is 0.0475. The summed E-state index contributed by atoms with van der Waals surface area (Å²) in [7, 11) is 1.72. The average Bonchev–Trinajstić information content (AvgIpc) is 2.42. The molecule has 0 saturated carbocycles. The Morgan fingerprint density at radius 2 is 1.52 bits per heavy atom. The van der Waals surface area contributed by atoms with Crippen molar-refractivity contribution in [3.05, 3.63) is 0 Å². The van der Waals surface area contributed by atoms with Gasteiger partial charge in [0.1, 0.15) is 0 Å². The number of rotatable bonds is 8. The molecule has 0 fully saturated rings. The quantitative estimate of drug-likeness (QED) is 0.560. The van der Waals surface area contributed by atoms with Crippen LogP contribution in [-0.4, -0.2) is 25.5 Å². The first-order valence-corrected chi connectivity index (χ1v) is 9.63. The highest BCUT2D eigenvalue weighted by molar-refractivity contribution is 6.75. The fourth-order valence-corrected chi connectivity index (χ4v) is 2.21. The molecular formula is C20H45BNO. The lowest BCUT2D eigenvalue weighted by atomic mass is 9.53. The maximum atomic E-state index is 10.4. The van der Waals surface area contributed by atoms with Gasteiger partial charge in [-0.1, -0.05) is 81.0 Å². The van der Waals surface area contributed by atoms with Crippen LogP contribution in [0.25, 0.3) is 0 Å². The Morgan fingerprint density at radius 1 is 1.04 bits per heavy atom. The van der Waals surface area contributed by atoms with Gasteiger partial charge in [0, 0.05) is 6.04 Å². The van der Waals surface area contributed by atoms with Crippen molar-refractivity contribution in [3.8, 4) is 0 Å². The van der Waals surface area contributed by atoms with E-state index in [4.69, 9.17) is 0 Å². The zero-order chi connectivity index (χ0) is 19.1. The van der Waals surface area contributed by atoms with Crippen LogP contribution in [0.3, 0.4) is 0 Å². The number of hydrogen-bond acceptors (Lipinski definition) is 2. The lowest BCUT2D eigenvalue weighted by Gasteiger charge is -2.23. The van der Waals surface area contributed by atoms with Crippen molar-refractivity contribution >= 4 is 13.0 Å². The molecule has 0 aliphatic heterocycles. The summed E-state index contributed by atoms with van der Waals surface area (Å²) in [5.41, 5.74) is 0.150. The summed E-state index contributed by atoms with van der Waals surface area (Å²) < 4.78 is 0. The molecule has 0 rings (SSSR count). The Bertz CT molecular complexity index is 259. The Balaban J connectivity index is -0.000000343. The number of nitrogens with one attached hydrogen (secondary N) is 1. The summed E-state index contributed by atoms with van der Waals surface area (Å²) in [6.07, 6.45) is 4.02. The van der Waals surface area contributed by atoms with Crippen LogP contribution in [0.5, 0.6) is 0 Å². The van der Waals surface area contributed by atoms with Gasteiger partial charge < -0.3 is 10.1 Å². The predicted octanol–water partition coefficient (Wildman–Crippen LogP) is 5.93. The molecule has 0 spiro atoms. The van der Waals surface area contributed by atoms with E-state index in [9.17, 15) is 4.79 Å². The maximum Gasteiger partial charge on any atom is 0.208 e. The van der Waals surface area contributed by atoms with Gasteiger partial charge in [-0.05, 0) is 38.1 Å². The van der Waals surface area contributed by atoms with Crippen molar-refractivity contribution in [2.45, 2.75) is 107 Å². The first kappa shape index (κ1) is 27.5. The topological polar surface area (TPSA) is 29.1 Å². The van der Waals surface area contributed by atoms with Crippen LogP contribution in [0.15, 0.2) is 0 Å². The molecule has 1 radical (unpaired) electrons. The van der Waals surface area contributed by atoms with Gasteiger partial charge in [0.25, 0.3) is 0 Å². The summed E-state index contributed by atoms with van der Waals surface area (Å²) in [4.78, 5) is 10.4. The fraction of sp³-hybridized carbons (Fsp3) is 0.950. The average molecular weight is 326 g/mol.